The molecular formula is C17H14ClN5O3S. The first-order valence-corrected chi connectivity index (χ1v) is 9.16. The second-order valence-electron chi connectivity index (χ2n) is 5.50. The Hall–Kier alpha value is -2.91. The zero-order valence-electron chi connectivity index (χ0n) is 14.1. The van der Waals surface area contributed by atoms with Crippen LogP contribution < -0.4 is 5.43 Å². The third-order valence-electron chi connectivity index (χ3n) is 3.63. The number of amides is 1. The van der Waals surface area contributed by atoms with Crippen LogP contribution in [0.4, 0.5) is 5.69 Å². The zero-order valence-corrected chi connectivity index (χ0v) is 15.7. The lowest BCUT2D eigenvalue weighted by Crippen LogP contribution is -2.25. The fourth-order valence-corrected chi connectivity index (χ4v) is 3.40. The summed E-state index contributed by atoms with van der Waals surface area (Å²) in [4.78, 5) is 22.8. The van der Waals surface area contributed by atoms with Crippen LogP contribution in [0.25, 0.3) is 0 Å². The summed E-state index contributed by atoms with van der Waals surface area (Å²) < 4.78 is 1.47. The number of hydrogen-bond acceptors (Lipinski definition) is 6. The lowest BCUT2D eigenvalue weighted by Gasteiger charge is -2.11. The van der Waals surface area contributed by atoms with Crippen molar-refractivity contribution < 1.29 is 9.72 Å². The number of halogens is 1. The van der Waals surface area contributed by atoms with Crippen LogP contribution in [0.15, 0.2) is 53.7 Å². The predicted molar refractivity (Wildman–Crippen MR) is 103 cm³/mol. The van der Waals surface area contributed by atoms with E-state index in [1.807, 2.05) is 30.3 Å². The number of rotatable bonds is 6. The van der Waals surface area contributed by atoms with Crippen LogP contribution in [0.2, 0.25) is 5.02 Å². The predicted octanol–water partition coefficient (Wildman–Crippen LogP) is 3.82. The minimum atomic E-state index is -0.574. The van der Waals surface area contributed by atoms with Crippen molar-refractivity contribution in [2.45, 2.75) is 17.8 Å². The summed E-state index contributed by atoms with van der Waals surface area (Å²) in [7, 11) is 0. The van der Waals surface area contributed by atoms with Crippen LogP contribution in [0.1, 0.15) is 21.7 Å². The van der Waals surface area contributed by atoms with Gasteiger partial charge in [-0.05, 0) is 18.6 Å². The molecule has 0 aliphatic rings. The molecular weight excluding hydrogens is 390 g/mol. The van der Waals surface area contributed by atoms with E-state index in [0.717, 1.165) is 11.6 Å². The van der Waals surface area contributed by atoms with Crippen molar-refractivity contribution in [1.82, 2.24) is 14.9 Å². The Kier molecular flexibility index (Phi) is 5.72. The van der Waals surface area contributed by atoms with E-state index in [9.17, 15) is 14.9 Å². The number of non-ortho nitro benzene ring substituents is 1. The Morgan fingerprint density at radius 3 is 2.67 bits per heavy atom. The summed E-state index contributed by atoms with van der Waals surface area (Å²) in [5.74, 6) is 0.643. The molecule has 0 radical (unpaired) electrons. The zero-order chi connectivity index (χ0) is 19.4. The smallest absolute Gasteiger partial charge is 0.267 e. The number of aromatic nitrogens is 3. The summed E-state index contributed by atoms with van der Waals surface area (Å²) in [6, 6.07) is 13.5. The van der Waals surface area contributed by atoms with Crippen LogP contribution in [0, 0.1) is 17.0 Å². The highest BCUT2D eigenvalue weighted by molar-refractivity contribution is 7.98. The first-order valence-electron chi connectivity index (χ1n) is 7.79. The maximum Gasteiger partial charge on any atom is 0.271 e. The van der Waals surface area contributed by atoms with Gasteiger partial charge in [0, 0.05) is 17.9 Å². The largest absolute Gasteiger partial charge is 0.271 e. The second-order valence-corrected chi connectivity index (χ2v) is 6.85. The van der Waals surface area contributed by atoms with E-state index in [1.165, 1.54) is 28.6 Å². The molecule has 1 amide bonds. The molecule has 0 saturated heterocycles. The Morgan fingerprint density at radius 1 is 1.26 bits per heavy atom. The van der Waals surface area contributed by atoms with E-state index in [1.54, 1.807) is 6.92 Å². The molecule has 2 aromatic carbocycles. The van der Waals surface area contributed by atoms with Crippen LogP contribution in [0.3, 0.4) is 0 Å². The number of nitro groups is 1. The van der Waals surface area contributed by atoms with E-state index in [2.05, 4.69) is 15.6 Å². The summed E-state index contributed by atoms with van der Waals surface area (Å²) in [5, 5.41) is 19.4. The molecule has 3 rings (SSSR count). The van der Waals surface area contributed by atoms with Gasteiger partial charge in [0.25, 0.3) is 11.6 Å². The molecule has 1 aromatic heterocycles. The highest BCUT2D eigenvalue weighted by atomic mass is 35.5. The molecule has 0 spiro atoms. The molecule has 0 fully saturated rings. The minimum absolute atomic E-state index is 0.00841. The van der Waals surface area contributed by atoms with Crippen LogP contribution in [0.5, 0.6) is 0 Å². The van der Waals surface area contributed by atoms with E-state index in [4.69, 9.17) is 11.6 Å². The SMILES string of the molecule is Cc1nnc(SCc2ccccc2)n1NC(=O)c1ccc([N+](=O)[O-])cc1Cl. The number of carbonyl (C=O) groups excluding carboxylic acids is 1. The van der Waals surface area contributed by atoms with Crippen LogP contribution in [-0.4, -0.2) is 25.7 Å². The second kappa shape index (κ2) is 8.19. The number of carbonyl (C=O) groups is 1. The number of benzene rings is 2. The molecule has 3 aromatic rings. The third-order valence-corrected chi connectivity index (χ3v) is 4.94. The number of nitro benzene ring substituents is 1. The first-order chi connectivity index (χ1) is 13.0. The van der Waals surface area contributed by atoms with E-state index < -0.39 is 10.8 Å². The van der Waals surface area contributed by atoms with Gasteiger partial charge in [0.1, 0.15) is 5.82 Å². The van der Waals surface area contributed by atoms with Gasteiger partial charge in [0.15, 0.2) is 0 Å². The van der Waals surface area contributed by atoms with Gasteiger partial charge >= 0.3 is 0 Å². The number of nitrogens with zero attached hydrogens (tertiary/aromatic N) is 4. The fourth-order valence-electron chi connectivity index (χ4n) is 2.25. The third kappa shape index (κ3) is 4.44. The molecule has 10 heteroatoms. The van der Waals surface area contributed by atoms with Crippen molar-refractivity contribution in [3.8, 4) is 0 Å². The van der Waals surface area contributed by atoms with Crippen LogP contribution in [-0.2, 0) is 5.75 Å². The molecule has 0 aliphatic carbocycles. The maximum atomic E-state index is 12.5. The maximum absolute atomic E-state index is 12.5. The number of hydrogen-bond donors (Lipinski definition) is 1. The molecule has 0 unspecified atom stereocenters. The quantitative estimate of drug-likeness (QED) is 0.381. The average molecular weight is 404 g/mol. The summed E-state index contributed by atoms with van der Waals surface area (Å²) in [6.07, 6.45) is 0. The molecule has 8 nitrogen and oxygen atoms in total. The highest BCUT2D eigenvalue weighted by Crippen LogP contribution is 2.24. The summed E-state index contributed by atoms with van der Waals surface area (Å²) in [6.45, 7) is 1.71. The molecule has 0 atom stereocenters. The Morgan fingerprint density at radius 2 is 2.00 bits per heavy atom. The number of thioether (sulfide) groups is 1. The lowest BCUT2D eigenvalue weighted by molar-refractivity contribution is -0.384. The van der Waals surface area contributed by atoms with Crippen molar-refractivity contribution in [3.05, 3.63) is 80.6 Å². The van der Waals surface area contributed by atoms with Crippen molar-refractivity contribution in [2.24, 2.45) is 0 Å². The normalized spacial score (nSPS) is 10.6. The number of aryl methyl sites for hydroxylation is 1. The van der Waals surface area contributed by atoms with Crippen molar-refractivity contribution >= 4 is 35.0 Å². The Balaban J connectivity index is 1.76. The van der Waals surface area contributed by atoms with E-state index in [-0.39, 0.29) is 16.3 Å². The highest BCUT2D eigenvalue weighted by Gasteiger charge is 2.18. The van der Waals surface area contributed by atoms with Gasteiger partial charge in [0.05, 0.1) is 15.5 Å². The number of nitrogens with one attached hydrogen (secondary N) is 1. The first kappa shape index (κ1) is 18.9. The monoisotopic (exact) mass is 403 g/mol. The van der Waals surface area contributed by atoms with Crippen molar-refractivity contribution in [2.75, 3.05) is 5.43 Å². The van der Waals surface area contributed by atoms with Gasteiger partial charge < -0.3 is 0 Å². The van der Waals surface area contributed by atoms with Gasteiger partial charge in [-0.25, -0.2) is 4.68 Å². The fraction of sp³-hybridized carbons (Fsp3) is 0.118. The van der Waals surface area contributed by atoms with E-state index in [0.29, 0.717) is 16.7 Å². The standard InChI is InChI=1S/C17H14ClN5O3S/c1-11-19-20-17(27-10-12-5-3-2-4-6-12)22(11)21-16(24)14-8-7-13(23(25)26)9-15(14)18/h2-9H,10H2,1H3,(H,21,24). The lowest BCUT2D eigenvalue weighted by atomic mass is 10.2. The van der Waals surface area contributed by atoms with Crippen LogP contribution >= 0.6 is 23.4 Å². The van der Waals surface area contributed by atoms with Crippen molar-refractivity contribution in [1.29, 1.82) is 0 Å². The Labute approximate surface area is 163 Å². The average Bonchev–Trinajstić information content (AvgIpc) is 3.00. The molecule has 0 saturated carbocycles. The molecule has 138 valence electrons. The van der Waals surface area contributed by atoms with Gasteiger partial charge in [-0.15, -0.1) is 10.2 Å². The summed E-state index contributed by atoms with van der Waals surface area (Å²) in [5.41, 5.74) is 3.72. The molecule has 1 heterocycles. The van der Waals surface area contributed by atoms with Gasteiger partial charge in [-0.2, -0.15) is 0 Å². The van der Waals surface area contributed by atoms with Gasteiger partial charge in [-0.3, -0.25) is 20.3 Å². The van der Waals surface area contributed by atoms with Gasteiger partial charge in [0.2, 0.25) is 5.16 Å². The molecule has 1 N–H and O–H groups in total. The van der Waals surface area contributed by atoms with E-state index >= 15 is 0 Å². The Bertz CT molecular complexity index is 993. The molecule has 0 aliphatic heterocycles. The topological polar surface area (TPSA) is 103 Å². The summed E-state index contributed by atoms with van der Waals surface area (Å²) >= 11 is 7.44. The van der Waals surface area contributed by atoms with Crippen molar-refractivity contribution in [3.63, 3.8) is 0 Å². The van der Waals surface area contributed by atoms with Gasteiger partial charge in [-0.1, -0.05) is 53.7 Å². The minimum Gasteiger partial charge on any atom is -0.267 e. The molecule has 0 bridgehead atoms. The molecule has 27 heavy (non-hydrogen) atoms.